The number of rotatable bonds is 6. The number of carbonyl (C=O) groups excluding carboxylic acids is 1. The number of nitrogens with zero attached hydrogens (tertiary/aromatic N) is 4. The van der Waals surface area contributed by atoms with Crippen LogP contribution in [0.3, 0.4) is 0 Å². The first kappa shape index (κ1) is 20.2. The molecule has 1 aliphatic rings. The molecule has 0 saturated carbocycles. The molecule has 0 aliphatic carbocycles. The SMILES string of the molecule is CCN(C)N(Cc1ccc(F)cc1)C(=O)c1cnc(N2CCOCC2)cc1C. The minimum Gasteiger partial charge on any atom is -0.378 e. The lowest BCUT2D eigenvalue weighted by Gasteiger charge is -2.32. The molecule has 150 valence electrons. The fourth-order valence-electron chi connectivity index (χ4n) is 3.15. The fourth-order valence-corrected chi connectivity index (χ4v) is 3.15. The highest BCUT2D eigenvalue weighted by atomic mass is 19.1. The molecule has 0 N–H and O–H groups in total. The van der Waals surface area contributed by atoms with Crippen LogP contribution in [-0.4, -0.2) is 60.8 Å². The number of hydrazine groups is 1. The van der Waals surface area contributed by atoms with Gasteiger partial charge in [-0.1, -0.05) is 19.1 Å². The molecule has 1 aromatic heterocycles. The van der Waals surface area contributed by atoms with Crippen molar-refractivity contribution in [3.63, 3.8) is 0 Å². The lowest BCUT2D eigenvalue weighted by molar-refractivity contribution is 0.00363. The molecule has 0 unspecified atom stereocenters. The van der Waals surface area contributed by atoms with Crippen LogP contribution in [0.25, 0.3) is 0 Å². The zero-order valence-electron chi connectivity index (χ0n) is 16.7. The maximum Gasteiger partial charge on any atom is 0.270 e. The van der Waals surface area contributed by atoms with Gasteiger partial charge < -0.3 is 9.64 Å². The van der Waals surface area contributed by atoms with E-state index in [4.69, 9.17) is 4.74 Å². The highest BCUT2D eigenvalue weighted by Crippen LogP contribution is 2.20. The third-order valence-corrected chi connectivity index (χ3v) is 5.01. The largest absolute Gasteiger partial charge is 0.378 e. The quantitative estimate of drug-likeness (QED) is 0.715. The molecule has 2 aromatic rings. The Hall–Kier alpha value is -2.51. The molecule has 7 heteroatoms. The second-order valence-corrected chi connectivity index (χ2v) is 6.92. The molecule has 1 aliphatic heterocycles. The van der Waals surface area contributed by atoms with Crippen LogP contribution in [0.5, 0.6) is 0 Å². The topological polar surface area (TPSA) is 48.9 Å². The minimum absolute atomic E-state index is 0.118. The maximum absolute atomic E-state index is 13.3. The smallest absolute Gasteiger partial charge is 0.270 e. The second-order valence-electron chi connectivity index (χ2n) is 6.92. The first-order valence-electron chi connectivity index (χ1n) is 9.56. The molecule has 1 amide bonds. The third kappa shape index (κ3) is 4.66. The van der Waals surface area contributed by atoms with Crippen molar-refractivity contribution in [1.29, 1.82) is 0 Å². The van der Waals surface area contributed by atoms with Crippen LogP contribution in [0.2, 0.25) is 0 Å². The molecule has 1 saturated heterocycles. The number of carbonyl (C=O) groups is 1. The summed E-state index contributed by atoms with van der Waals surface area (Å²) in [6.45, 7) is 7.93. The van der Waals surface area contributed by atoms with E-state index in [0.29, 0.717) is 31.9 Å². The summed E-state index contributed by atoms with van der Waals surface area (Å²) < 4.78 is 18.6. The number of pyridine rings is 1. The summed E-state index contributed by atoms with van der Waals surface area (Å²) >= 11 is 0. The second kappa shape index (κ2) is 9.12. The van der Waals surface area contributed by atoms with Crippen LogP contribution in [0.1, 0.15) is 28.4 Å². The molecule has 2 heterocycles. The van der Waals surface area contributed by atoms with Gasteiger partial charge in [0.2, 0.25) is 0 Å². The van der Waals surface area contributed by atoms with Crippen molar-refractivity contribution >= 4 is 11.7 Å². The van der Waals surface area contributed by atoms with Crippen molar-refractivity contribution in [2.45, 2.75) is 20.4 Å². The van der Waals surface area contributed by atoms with E-state index in [1.54, 1.807) is 23.3 Å². The lowest BCUT2D eigenvalue weighted by Crippen LogP contribution is -2.44. The van der Waals surface area contributed by atoms with Gasteiger partial charge in [-0.15, -0.1) is 0 Å². The van der Waals surface area contributed by atoms with Crippen LogP contribution in [-0.2, 0) is 11.3 Å². The Labute approximate surface area is 165 Å². The zero-order valence-corrected chi connectivity index (χ0v) is 16.7. The number of amides is 1. The summed E-state index contributed by atoms with van der Waals surface area (Å²) in [5.41, 5.74) is 2.32. The first-order valence-corrected chi connectivity index (χ1v) is 9.56. The van der Waals surface area contributed by atoms with Crippen molar-refractivity contribution < 1.29 is 13.9 Å². The Morgan fingerprint density at radius 3 is 2.54 bits per heavy atom. The summed E-state index contributed by atoms with van der Waals surface area (Å²) in [6.07, 6.45) is 1.66. The number of aryl methyl sites for hydroxylation is 1. The average Bonchev–Trinajstić information content (AvgIpc) is 2.73. The first-order chi connectivity index (χ1) is 13.5. The number of halogens is 1. The molecule has 1 aromatic carbocycles. The van der Waals surface area contributed by atoms with E-state index in [0.717, 1.165) is 30.0 Å². The summed E-state index contributed by atoms with van der Waals surface area (Å²) in [6, 6.07) is 8.18. The van der Waals surface area contributed by atoms with Gasteiger partial charge in [-0.05, 0) is 36.2 Å². The Kier molecular flexibility index (Phi) is 6.59. The lowest BCUT2D eigenvalue weighted by atomic mass is 10.1. The summed E-state index contributed by atoms with van der Waals surface area (Å²) in [4.78, 5) is 20.0. The highest BCUT2D eigenvalue weighted by Gasteiger charge is 2.23. The van der Waals surface area contributed by atoms with E-state index in [9.17, 15) is 9.18 Å². The Bertz CT molecular complexity index is 807. The van der Waals surface area contributed by atoms with E-state index >= 15 is 0 Å². The van der Waals surface area contributed by atoms with Gasteiger partial charge in [0.25, 0.3) is 5.91 Å². The van der Waals surface area contributed by atoms with Gasteiger partial charge in [0.1, 0.15) is 11.6 Å². The number of aromatic nitrogens is 1. The number of benzene rings is 1. The number of morpholine rings is 1. The van der Waals surface area contributed by atoms with E-state index < -0.39 is 0 Å². The number of anilines is 1. The monoisotopic (exact) mass is 386 g/mol. The molecular weight excluding hydrogens is 359 g/mol. The van der Waals surface area contributed by atoms with Gasteiger partial charge in [0.05, 0.1) is 25.3 Å². The maximum atomic E-state index is 13.3. The molecule has 28 heavy (non-hydrogen) atoms. The number of hydrogen-bond acceptors (Lipinski definition) is 5. The molecule has 3 rings (SSSR count). The summed E-state index contributed by atoms with van der Waals surface area (Å²) in [7, 11) is 1.87. The van der Waals surface area contributed by atoms with E-state index in [1.807, 2.05) is 32.0 Å². The molecule has 1 fully saturated rings. The Morgan fingerprint density at radius 2 is 1.93 bits per heavy atom. The predicted molar refractivity (Wildman–Crippen MR) is 107 cm³/mol. The van der Waals surface area contributed by atoms with Gasteiger partial charge in [-0.3, -0.25) is 9.80 Å². The van der Waals surface area contributed by atoms with Crippen LogP contribution in [0, 0.1) is 12.7 Å². The molecule has 0 spiro atoms. The molecule has 0 atom stereocenters. The average molecular weight is 386 g/mol. The van der Waals surface area contributed by atoms with Crippen LogP contribution in [0.15, 0.2) is 36.5 Å². The fraction of sp³-hybridized carbons (Fsp3) is 0.429. The molecule has 0 bridgehead atoms. The van der Waals surface area contributed by atoms with Crippen molar-refractivity contribution in [3.05, 3.63) is 59.0 Å². The normalized spacial score (nSPS) is 14.4. The van der Waals surface area contributed by atoms with Crippen molar-refractivity contribution in [1.82, 2.24) is 15.0 Å². The molecule has 6 nitrogen and oxygen atoms in total. The van der Waals surface area contributed by atoms with Crippen LogP contribution >= 0.6 is 0 Å². The van der Waals surface area contributed by atoms with Crippen LogP contribution in [0.4, 0.5) is 10.2 Å². The Balaban J connectivity index is 1.82. The number of ether oxygens (including phenoxy) is 1. The third-order valence-electron chi connectivity index (χ3n) is 5.01. The van der Waals surface area contributed by atoms with Gasteiger partial charge in [0.15, 0.2) is 0 Å². The van der Waals surface area contributed by atoms with Gasteiger partial charge in [0, 0.05) is 32.9 Å². The van der Waals surface area contributed by atoms with Crippen molar-refractivity contribution in [2.24, 2.45) is 0 Å². The zero-order chi connectivity index (χ0) is 20.1. The van der Waals surface area contributed by atoms with Crippen LogP contribution < -0.4 is 4.90 Å². The van der Waals surface area contributed by atoms with Gasteiger partial charge >= 0.3 is 0 Å². The van der Waals surface area contributed by atoms with Crippen molar-refractivity contribution in [3.8, 4) is 0 Å². The summed E-state index contributed by atoms with van der Waals surface area (Å²) in [5, 5.41) is 3.53. The van der Waals surface area contributed by atoms with E-state index in [2.05, 4.69) is 9.88 Å². The molecular formula is C21H27FN4O2. The highest BCUT2D eigenvalue weighted by molar-refractivity contribution is 5.95. The summed E-state index contributed by atoms with van der Waals surface area (Å²) in [5.74, 6) is 0.461. The van der Waals surface area contributed by atoms with Crippen molar-refractivity contribution in [2.75, 3.05) is 44.8 Å². The minimum atomic E-state index is -0.288. The Morgan fingerprint density at radius 1 is 1.25 bits per heavy atom. The molecule has 0 radical (unpaired) electrons. The number of hydrogen-bond donors (Lipinski definition) is 0. The van der Waals surface area contributed by atoms with E-state index in [-0.39, 0.29) is 11.7 Å². The predicted octanol–water partition coefficient (Wildman–Crippen LogP) is 2.87. The standard InChI is InChI=1S/C21H27FN4O2/c1-4-24(3)26(15-17-5-7-18(22)8-6-17)21(27)19-14-23-20(13-16(19)2)25-9-11-28-12-10-25/h5-8,13-14H,4,9-12,15H2,1-3H3. The van der Waals surface area contributed by atoms with Gasteiger partial charge in [-0.2, -0.15) is 0 Å². The van der Waals surface area contributed by atoms with E-state index in [1.165, 1.54) is 12.1 Å². The van der Waals surface area contributed by atoms with Gasteiger partial charge in [-0.25, -0.2) is 14.4 Å².